The summed E-state index contributed by atoms with van der Waals surface area (Å²) in [6.07, 6.45) is 5.23. The third-order valence-electron chi connectivity index (χ3n) is 4.79. The second-order valence-corrected chi connectivity index (χ2v) is 11.1. The van der Waals surface area contributed by atoms with Crippen molar-refractivity contribution in [2.45, 2.75) is 47.8 Å². The lowest BCUT2D eigenvalue weighted by Gasteiger charge is -2.19. The van der Waals surface area contributed by atoms with Gasteiger partial charge in [0.1, 0.15) is 4.90 Å². The number of pyridine rings is 1. The number of hydrogen-bond acceptors (Lipinski definition) is 5. The number of amides is 1. The number of rotatable bonds is 6. The van der Waals surface area contributed by atoms with Gasteiger partial charge in [-0.05, 0) is 44.0 Å². The predicted molar refractivity (Wildman–Crippen MR) is 122 cm³/mol. The number of anilines is 1. The maximum Gasteiger partial charge on any atom is 0.244 e. The molecule has 1 N–H and O–H groups in total. The summed E-state index contributed by atoms with van der Waals surface area (Å²) in [7, 11) is -3.54. The van der Waals surface area contributed by atoms with Crippen molar-refractivity contribution in [2.75, 3.05) is 18.4 Å². The molecule has 6 nitrogen and oxygen atoms in total. The van der Waals surface area contributed by atoms with Crippen LogP contribution in [-0.4, -0.2) is 42.0 Å². The topological polar surface area (TPSA) is 79.4 Å². The molecule has 0 spiro atoms. The Labute approximate surface area is 191 Å². The Morgan fingerprint density at radius 2 is 1.83 bits per heavy atom. The molecule has 0 bridgehead atoms. The van der Waals surface area contributed by atoms with Gasteiger partial charge < -0.3 is 5.32 Å². The van der Waals surface area contributed by atoms with E-state index in [0.717, 1.165) is 25.7 Å². The first-order valence-electron chi connectivity index (χ1n) is 9.67. The Morgan fingerprint density at radius 3 is 2.47 bits per heavy atom. The first-order valence-corrected chi connectivity index (χ1v) is 12.7. The van der Waals surface area contributed by atoms with E-state index in [0.29, 0.717) is 28.8 Å². The molecule has 1 saturated heterocycles. The van der Waals surface area contributed by atoms with E-state index in [1.807, 2.05) is 0 Å². The quantitative estimate of drug-likeness (QED) is 0.575. The van der Waals surface area contributed by atoms with E-state index in [2.05, 4.69) is 10.3 Å². The van der Waals surface area contributed by atoms with Crippen LogP contribution in [0.5, 0.6) is 0 Å². The molecule has 162 valence electrons. The largest absolute Gasteiger partial charge is 0.324 e. The van der Waals surface area contributed by atoms with Gasteiger partial charge in [-0.25, -0.2) is 13.4 Å². The van der Waals surface area contributed by atoms with Gasteiger partial charge in [-0.1, -0.05) is 53.9 Å². The highest BCUT2D eigenvalue weighted by atomic mass is 35.5. The van der Waals surface area contributed by atoms with Crippen molar-refractivity contribution < 1.29 is 13.2 Å². The molecule has 3 rings (SSSR count). The number of nitrogens with one attached hydrogen (secondary N) is 1. The highest BCUT2D eigenvalue weighted by molar-refractivity contribution is 8.00. The molecule has 1 amide bonds. The van der Waals surface area contributed by atoms with Crippen LogP contribution in [0, 0.1) is 0 Å². The van der Waals surface area contributed by atoms with Gasteiger partial charge >= 0.3 is 0 Å². The molecule has 1 aliphatic heterocycles. The molecule has 30 heavy (non-hydrogen) atoms. The van der Waals surface area contributed by atoms with Crippen LogP contribution in [0.3, 0.4) is 0 Å². The van der Waals surface area contributed by atoms with Crippen molar-refractivity contribution in [3.8, 4) is 0 Å². The SMILES string of the molecule is C[C@@H](Sc1ccc(S(=O)(=O)N2CCCCCC2)cn1)C(=O)Nc1cccc(Cl)c1Cl. The summed E-state index contributed by atoms with van der Waals surface area (Å²) in [5, 5.41) is 3.48. The van der Waals surface area contributed by atoms with Crippen LogP contribution in [-0.2, 0) is 14.8 Å². The van der Waals surface area contributed by atoms with E-state index in [4.69, 9.17) is 23.2 Å². The second kappa shape index (κ2) is 10.3. The Balaban J connectivity index is 1.64. The van der Waals surface area contributed by atoms with Crippen molar-refractivity contribution >= 4 is 56.6 Å². The van der Waals surface area contributed by atoms with E-state index < -0.39 is 15.3 Å². The Morgan fingerprint density at radius 1 is 1.13 bits per heavy atom. The summed E-state index contributed by atoms with van der Waals surface area (Å²) in [5.41, 5.74) is 0.438. The Hall–Kier alpha value is -1.32. The zero-order valence-electron chi connectivity index (χ0n) is 16.5. The van der Waals surface area contributed by atoms with Crippen LogP contribution < -0.4 is 5.32 Å². The standard InChI is InChI=1S/C20H23Cl2N3O3S2/c1-14(20(26)24-17-8-6-7-16(21)19(17)22)29-18-10-9-15(13-23-18)30(27,28)25-11-4-2-3-5-12-25/h6-10,13-14H,2-5,11-12H2,1H3,(H,24,26)/t14-/m1/s1. The fraction of sp³-hybridized carbons (Fsp3) is 0.400. The minimum Gasteiger partial charge on any atom is -0.324 e. The summed E-state index contributed by atoms with van der Waals surface area (Å²) in [5.74, 6) is -0.257. The van der Waals surface area contributed by atoms with Gasteiger partial charge in [0.15, 0.2) is 0 Å². The zero-order valence-corrected chi connectivity index (χ0v) is 19.6. The Bertz CT molecular complexity index is 993. The fourth-order valence-electron chi connectivity index (χ4n) is 3.09. The van der Waals surface area contributed by atoms with Crippen LogP contribution in [0.1, 0.15) is 32.6 Å². The van der Waals surface area contributed by atoms with Gasteiger partial charge in [0.2, 0.25) is 15.9 Å². The number of benzene rings is 1. The number of halogens is 2. The lowest BCUT2D eigenvalue weighted by molar-refractivity contribution is -0.115. The third-order valence-corrected chi connectivity index (χ3v) is 8.54. The number of aromatic nitrogens is 1. The maximum absolute atomic E-state index is 12.8. The van der Waals surface area contributed by atoms with E-state index in [1.54, 1.807) is 37.3 Å². The van der Waals surface area contributed by atoms with E-state index in [1.165, 1.54) is 22.3 Å². The summed E-state index contributed by atoms with van der Waals surface area (Å²) in [6.45, 7) is 2.83. The minimum atomic E-state index is -3.54. The first kappa shape index (κ1) is 23.3. The summed E-state index contributed by atoms with van der Waals surface area (Å²) in [4.78, 5) is 16.9. The van der Waals surface area contributed by atoms with Gasteiger partial charge in [-0.2, -0.15) is 4.31 Å². The molecule has 2 heterocycles. The number of sulfonamides is 1. The predicted octanol–water partition coefficient (Wildman–Crippen LogP) is 5.07. The molecule has 0 unspecified atom stereocenters. The van der Waals surface area contributed by atoms with Crippen LogP contribution in [0.25, 0.3) is 0 Å². The van der Waals surface area contributed by atoms with Crippen LogP contribution in [0.4, 0.5) is 5.69 Å². The molecule has 1 aromatic heterocycles. The van der Waals surface area contributed by atoms with Crippen molar-refractivity contribution in [3.63, 3.8) is 0 Å². The molecule has 1 fully saturated rings. The first-order chi connectivity index (χ1) is 14.3. The monoisotopic (exact) mass is 487 g/mol. The molecule has 2 aromatic rings. The van der Waals surface area contributed by atoms with Crippen molar-refractivity contribution in [1.82, 2.24) is 9.29 Å². The number of nitrogens with zero attached hydrogens (tertiary/aromatic N) is 2. The summed E-state index contributed by atoms with van der Waals surface area (Å²) in [6, 6.07) is 8.19. The highest BCUT2D eigenvalue weighted by Crippen LogP contribution is 2.31. The third kappa shape index (κ3) is 5.68. The van der Waals surface area contributed by atoms with Crippen molar-refractivity contribution in [3.05, 3.63) is 46.6 Å². The smallest absolute Gasteiger partial charge is 0.244 e. The van der Waals surface area contributed by atoms with E-state index >= 15 is 0 Å². The van der Waals surface area contributed by atoms with Gasteiger partial charge in [-0.3, -0.25) is 4.79 Å². The average Bonchev–Trinajstić information content (AvgIpc) is 3.02. The minimum absolute atomic E-state index is 0.177. The molecular formula is C20H23Cl2N3O3S2. The number of hydrogen-bond donors (Lipinski definition) is 1. The normalized spacial score (nSPS) is 16.6. The molecule has 0 saturated carbocycles. The summed E-state index contributed by atoms with van der Waals surface area (Å²) >= 11 is 13.3. The second-order valence-electron chi connectivity index (χ2n) is 7.00. The lowest BCUT2D eigenvalue weighted by atomic mass is 10.2. The molecule has 0 radical (unpaired) electrons. The van der Waals surface area contributed by atoms with Crippen LogP contribution >= 0.6 is 35.0 Å². The van der Waals surface area contributed by atoms with Gasteiger partial charge in [0.05, 0.1) is 26.0 Å². The fourth-order valence-corrected chi connectivity index (χ4v) is 5.69. The molecule has 10 heteroatoms. The maximum atomic E-state index is 12.8. The van der Waals surface area contributed by atoms with E-state index in [-0.39, 0.29) is 15.8 Å². The van der Waals surface area contributed by atoms with Crippen LogP contribution in [0.15, 0.2) is 46.5 Å². The molecule has 0 aliphatic carbocycles. The molecule has 1 aliphatic rings. The van der Waals surface area contributed by atoms with Crippen molar-refractivity contribution in [2.24, 2.45) is 0 Å². The number of thioether (sulfide) groups is 1. The molecule has 1 atom stereocenters. The number of carbonyl (C=O) groups is 1. The van der Waals surface area contributed by atoms with Gasteiger partial charge in [0.25, 0.3) is 0 Å². The van der Waals surface area contributed by atoms with Gasteiger partial charge in [-0.15, -0.1) is 0 Å². The average molecular weight is 488 g/mol. The van der Waals surface area contributed by atoms with Crippen LogP contribution in [0.2, 0.25) is 10.0 Å². The molecular weight excluding hydrogens is 465 g/mol. The Kier molecular flexibility index (Phi) is 8.04. The van der Waals surface area contributed by atoms with E-state index in [9.17, 15) is 13.2 Å². The number of carbonyl (C=O) groups excluding carboxylic acids is 1. The zero-order chi connectivity index (χ0) is 21.7. The summed E-state index contributed by atoms with van der Waals surface area (Å²) < 4.78 is 27.2. The lowest BCUT2D eigenvalue weighted by Crippen LogP contribution is -2.32. The van der Waals surface area contributed by atoms with Crippen molar-refractivity contribution in [1.29, 1.82) is 0 Å². The highest BCUT2D eigenvalue weighted by Gasteiger charge is 2.25. The van der Waals surface area contributed by atoms with Gasteiger partial charge in [0, 0.05) is 19.3 Å². The molecule has 1 aromatic carbocycles.